The molecule has 0 unspecified atom stereocenters. The number of carbonyl (C=O) groups is 2. The second kappa shape index (κ2) is 5.86. The van der Waals surface area contributed by atoms with Crippen molar-refractivity contribution in [2.45, 2.75) is 13.5 Å². The van der Waals surface area contributed by atoms with Crippen molar-refractivity contribution in [3.05, 3.63) is 54.0 Å². The fourth-order valence-corrected chi connectivity index (χ4v) is 1.57. The molecular weight excluding hydrogens is 246 g/mol. The molecule has 1 heterocycles. The molecule has 1 N–H and O–H groups in total. The van der Waals surface area contributed by atoms with Gasteiger partial charge in [-0.05, 0) is 24.3 Å². The molecule has 0 spiro atoms. The molecule has 0 saturated carbocycles. The highest BCUT2D eigenvalue weighted by Gasteiger charge is 2.13. The Morgan fingerprint density at radius 1 is 1.21 bits per heavy atom. The first-order valence-corrected chi connectivity index (χ1v) is 5.75. The summed E-state index contributed by atoms with van der Waals surface area (Å²) in [5.41, 5.74) is 0.309. The molecule has 0 bridgehead atoms. The first-order chi connectivity index (χ1) is 9.16. The van der Waals surface area contributed by atoms with Gasteiger partial charge in [0.2, 0.25) is 0 Å². The molecule has 2 rings (SSSR count). The molecule has 0 fully saturated rings. The van der Waals surface area contributed by atoms with E-state index in [-0.39, 0.29) is 18.2 Å². The van der Waals surface area contributed by atoms with E-state index >= 15 is 0 Å². The lowest BCUT2D eigenvalue weighted by atomic mass is 10.2. The lowest BCUT2D eigenvalue weighted by Crippen LogP contribution is -2.23. The van der Waals surface area contributed by atoms with Gasteiger partial charge < -0.3 is 14.5 Å². The lowest BCUT2D eigenvalue weighted by molar-refractivity contribution is -0.131. The quantitative estimate of drug-likeness (QED) is 0.674. The monoisotopic (exact) mass is 259 g/mol. The predicted octanol–water partition coefficient (Wildman–Crippen LogP) is 2.13. The van der Waals surface area contributed by atoms with E-state index in [9.17, 15) is 9.59 Å². The summed E-state index contributed by atoms with van der Waals surface area (Å²) in [6.45, 7) is 1.57. The van der Waals surface area contributed by atoms with Crippen molar-refractivity contribution < 1.29 is 18.7 Å². The molecular formula is C14H13NO4. The van der Waals surface area contributed by atoms with E-state index in [1.165, 1.54) is 13.2 Å². The van der Waals surface area contributed by atoms with Crippen molar-refractivity contribution in [1.29, 1.82) is 0 Å². The maximum atomic E-state index is 12.0. The number of furan rings is 1. The number of carbonyl (C=O) groups excluding carboxylic acids is 2. The van der Waals surface area contributed by atoms with Gasteiger partial charge in [0, 0.05) is 6.92 Å². The van der Waals surface area contributed by atoms with Crippen LogP contribution in [0, 0.1) is 0 Å². The van der Waals surface area contributed by atoms with Crippen LogP contribution in [0.2, 0.25) is 0 Å². The molecule has 5 nitrogen and oxygen atoms in total. The van der Waals surface area contributed by atoms with Crippen LogP contribution in [0.5, 0.6) is 5.75 Å². The van der Waals surface area contributed by atoms with Crippen LogP contribution in [0.1, 0.15) is 23.0 Å². The topological polar surface area (TPSA) is 68.5 Å². The fraction of sp³-hybridized carbons (Fsp3) is 0.143. The Bertz CT molecular complexity index is 575. The lowest BCUT2D eigenvalue weighted by Gasteiger charge is -2.08. The molecule has 0 atom stereocenters. The van der Waals surface area contributed by atoms with E-state index in [1.807, 2.05) is 0 Å². The number of hydrogen-bond donors (Lipinski definition) is 1. The number of esters is 1. The Hall–Kier alpha value is -2.56. The van der Waals surface area contributed by atoms with E-state index in [0.29, 0.717) is 11.3 Å². The number of ether oxygens (including phenoxy) is 1. The van der Waals surface area contributed by atoms with Gasteiger partial charge in [-0.2, -0.15) is 0 Å². The fourth-order valence-electron chi connectivity index (χ4n) is 1.57. The van der Waals surface area contributed by atoms with Gasteiger partial charge in [0.25, 0.3) is 5.91 Å². The van der Waals surface area contributed by atoms with Crippen LogP contribution in [-0.2, 0) is 11.3 Å². The number of para-hydroxylation sites is 1. The Kier molecular flexibility index (Phi) is 3.97. The Morgan fingerprint density at radius 3 is 2.68 bits per heavy atom. The second-order valence-electron chi connectivity index (χ2n) is 3.85. The number of hydrogen-bond acceptors (Lipinski definition) is 4. The van der Waals surface area contributed by atoms with Crippen LogP contribution < -0.4 is 10.1 Å². The van der Waals surface area contributed by atoms with Crippen LogP contribution in [0.3, 0.4) is 0 Å². The van der Waals surface area contributed by atoms with Gasteiger partial charge in [0.15, 0.2) is 0 Å². The van der Waals surface area contributed by atoms with Crippen molar-refractivity contribution in [3.8, 4) is 5.75 Å². The van der Waals surface area contributed by atoms with Crippen LogP contribution in [0.25, 0.3) is 0 Å². The van der Waals surface area contributed by atoms with Crippen molar-refractivity contribution >= 4 is 11.9 Å². The largest absolute Gasteiger partial charge is 0.467 e. The average molecular weight is 259 g/mol. The number of nitrogens with one attached hydrogen (secondary N) is 1. The van der Waals surface area contributed by atoms with Gasteiger partial charge in [0.1, 0.15) is 11.5 Å². The molecule has 1 amide bonds. The van der Waals surface area contributed by atoms with E-state index < -0.39 is 5.97 Å². The highest BCUT2D eigenvalue weighted by atomic mass is 16.5. The zero-order valence-corrected chi connectivity index (χ0v) is 10.4. The standard InChI is InChI=1S/C14H13NO4/c1-10(16)19-13-7-3-2-6-12(13)14(17)15-9-11-5-4-8-18-11/h2-8H,9H2,1H3,(H,15,17). The first-order valence-electron chi connectivity index (χ1n) is 5.75. The maximum absolute atomic E-state index is 12.0. The van der Waals surface area contributed by atoms with Gasteiger partial charge in [-0.3, -0.25) is 9.59 Å². The third-order valence-corrected chi connectivity index (χ3v) is 2.39. The molecule has 0 radical (unpaired) electrons. The Morgan fingerprint density at radius 2 is 2.00 bits per heavy atom. The molecule has 98 valence electrons. The summed E-state index contributed by atoms with van der Waals surface area (Å²) < 4.78 is 10.1. The molecule has 0 aliphatic rings. The third kappa shape index (κ3) is 3.45. The zero-order chi connectivity index (χ0) is 13.7. The van der Waals surface area contributed by atoms with Crippen molar-refractivity contribution in [1.82, 2.24) is 5.32 Å². The summed E-state index contributed by atoms with van der Waals surface area (Å²) in [6, 6.07) is 10.1. The normalized spacial score (nSPS) is 9.95. The minimum atomic E-state index is -0.466. The second-order valence-corrected chi connectivity index (χ2v) is 3.85. The average Bonchev–Trinajstić information content (AvgIpc) is 2.89. The SMILES string of the molecule is CC(=O)Oc1ccccc1C(=O)NCc1ccco1. The van der Waals surface area contributed by atoms with E-state index in [4.69, 9.17) is 9.15 Å². The van der Waals surface area contributed by atoms with Gasteiger partial charge >= 0.3 is 5.97 Å². The third-order valence-electron chi connectivity index (χ3n) is 2.39. The zero-order valence-electron chi connectivity index (χ0n) is 10.4. The van der Waals surface area contributed by atoms with E-state index in [2.05, 4.69) is 5.32 Å². The summed E-state index contributed by atoms with van der Waals surface area (Å²) in [4.78, 5) is 23.0. The van der Waals surface area contributed by atoms with Gasteiger partial charge in [-0.15, -0.1) is 0 Å². The van der Waals surface area contributed by atoms with Crippen LogP contribution in [0.15, 0.2) is 47.1 Å². The molecule has 1 aromatic carbocycles. The summed E-state index contributed by atoms with van der Waals surface area (Å²) in [5, 5.41) is 2.69. The maximum Gasteiger partial charge on any atom is 0.308 e. The summed E-state index contributed by atoms with van der Waals surface area (Å²) in [7, 11) is 0. The van der Waals surface area contributed by atoms with Gasteiger partial charge in [-0.1, -0.05) is 12.1 Å². The molecule has 19 heavy (non-hydrogen) atoms. The highest BCUT2D eigenvalue weighted by molar-refractivity contribution is 5.97. The summed E-state index contributed by atoms with van der Waals surface area (Å²) >= 11 is 0. The minimum Gasteiger partial charge on any atom is -0.467 e. The Balaban J connectivity index is 2.08. The van der Waals surface area contributed by atoms with Crippen molar-refractivity contribution in [3.63, 3.8) is 0 Å². The van der Waals surface area contributed by atoms with Gasteiger partial charge in [-0.25, -0.2) is 0 Å². The van der Waals surface area contributed by atoms with E-state index in [1.54, 1.807) is 36.4 Å². The molecule has 5 heteroatoms. The summed E-state index contributed by atoms with van der Waals surface area (Å²) in [6.07, 6.45) is 1.54. The van der Waals surface area contributed by atoms with Crippen LogP contribution in [-0.4, -0.2) is 11.9 Å². The number of amides is 1. The van der Waals surface area contributed by atoms with Crippen LogP contribution >= 0.6 is 0 Å². The summed E-state index contributed by atoms with van der Waals surface area (Å²) in [5.74, 6) is 0.102. The van der Waals surface area contributed by atoms with Gasteiger partial charge in [0.05, 0.1) is 18.4 Å². The van der Waals surface area contributed by atoms with Crippen molar-refractivity contribution in [2.24, 2.45) is 0 Å². The molecule has 0 aliphatic carbocycles. The minimum absolute atomic E-state index is 0.243. The number of rotatable bonds is 4. The molecule has 2 aromatic rings. The Labute approximate surface area is 110 Å². The molecule has 1 aromatic heterocycles. The predicted molar refractivity (Wildman–Crippen MR) is 67.6 cm³/mol. The highest BCUT2D eigenvalue weighted by Crippen LogP contribution is 2.18. The first kappa shape index (κ1) is 12.9. The van der Waals surface area contributed by atoms with E-state index in [0.717, 1.165) is 0 Å². The van der Waals surface area contributed by atoms with Crippen LogP contribution in [0.4, 0.5) is 0 Å². The molecule has 0 aliphatic heterocycles. The number of benzene rings is 1. The molecule has 0 saturated heterocycles. The van der Waals surface area contributed by atoms with Crippen molar-refractivity contribution in [2.75, 3.05) is 0 Å². The smallest absolute Gasteiger partial charge is 0.308 e.